The van der Waals surface area contributed by atoms with Gasteiger partial charge in [-0.05, 0) is 180 Å². The Morgan fingerprint density at radius 3 is 2.40 bits per heavy atom. The Balaban J connectivity index is 0.869. The number of hydrogen-bond donors (Lipinski definition) is 1. The van der Waals surface area contributed by atoms with Crippen molar-refractivity contribution in [3.63, 3.8) is 0 Å². The lowest BCUT2D eigenvalue weighted by Gasteiger charge is -2.47. The molecule has 0 aromatic heterocycles. The first-order valence-corrected chi connectivity index (χ1v) is 20.5. The fraction of sp³-hybridized carbons (Fsp3) is 0.652. The average molecular weight is 628 g/mol. The normalized spacial score (nSPS) is 43.1. The molecule has 9 unspecified atom stereocenters. The number of hydrogen-bond acceptors (Lipinski definition) is 1. The highest BCUT2D eigenvalue weighted by molar-refractivity contribution is 5.41. The van der Waals surface area contributed by atoms with Gasteiger partial charge in [0.05, 0.1) is 0 Å². The second-order valence-corrected chi connectivity index (χ2v) is 17.3. The van der Waals surface area contributed by atoms with Crippen molar-refractivity contribution in [2.24, 2.45) is 65.1 Å². The summed E-state index contributed by atoms with van der Waals surface area (Å²) in [6.45, 7) is 2.44. The van der Waals surface area contributed by atoms with Crippen LogP contribution in [0.15, 0.2) is 94.7 Å². The second-order valence-electron chi connectivity index (χ2n) is 17.3. The maximum Gasteiger partial charge on any atom is 0.00209 e. The van der Waals surface area contributed by atoms with Crippen LogP contribution in [0.4, 0.5) is 0 Å². The Morgan fingerprint density at radius 2 is 1.53 bits per heavy atom. The highest BCUT2D eigenvalue weighted by atomic mass is 14.9. The average Bonchev–Trinajstić information content (AvgIpc) is 3.69. The lowest BCUT2D eigenvalue weighted by Crippen LogP contribution is -2.37. The van der Waals surface area contributed by atoms with Crippen molar-refractivity contribution >= 4 is 0 Å². The predicted octanol–water partition coefficient (Wildman–Crippen LogP) is 11.4. The molecule has 9 rings (SSSR count). The predicted molar refractivity (Wildman–Crippen MR) is 198 cm³/mol. The lowest BCUT2D eigenvalue weighted by molar-refractivity contribution is 0.119. The van der Waals surface area contributed by atoms with Crippen molar-refractivity contribution < 1.29 is 0 Å². The Hall–Kier alpha value is -2.12. The Bertz CT molecular complexity index is 1410. The van der Waals surface area contributed by atoms with E-state index in [0.717, 1.165) is 53.3 Å². The number of rotatable bonds is 5. The third kappa shape index (κ3) is 5.93. The van der Waals surface area contributed by atoms with Crippen LogP contribution in [-0.4, -0.2) is 13.1 Å². The largest absolute Gasteiger partial charge is 0.316 e. The third-order valence-corrected chi connectivity index (χ3v) is 15.3. The van der Waals surface area contributed by atoms with Gasteiger partial charge >= 0.3 is 0 Å². The molecule has 0 spiro atoms. The van der Waals surface area contributed by atoms with Gasteiger partial charge in [-0.15, -0.1) is 0 Å². The van der Waals surface area contributed by atoms with Crippen molar-refractivity contribution in [2.75, 3.05) is 13.1 Å². The molecule has 0 radical (unpaired) electrons. The Kier molecular flexibility index (Phi) is 8.98. The van der Waals surface area contributed by atoms with E-state index in [1.165, 1.54) is 122 Å². The van der Waals surface area contributed by atoms with Crippen molar-refractivity contribution in [1.82, 2.24) is 5.32 Å². The Morgan fingerprint density at radius 1 is 0.596 bits per heavy atom. The first kappa shape index (κ1) is 30.9. The lowest BCUT2D eigenvalue weighted by atomic mass is 9.58. The van der Waals surface area contributed by atoms with Gasteiger partial charge in [0, 0.05) is 18.4 Å². The van der Waals surface area contributed by atoms with Crippen LogP contribution in [0.2, 0.25) is 0 Å². The molecule has 1 N–H and O–H groups in total. The number of nitrogens with one attached hydrogen (secondary N) is 1. The molecule has 0 amide bonds. The van der Waals surface area contributed by atoms with E-state index in [1.807, 2.05) is 16.7 Å². The van der Waals surface area contributed by atoms with E-state index >= 15 is 0 Å². The molecule has 0 aromatic carbocycles. The van der Waals surface area contributed by atoms with Gasteiger partial charge < -0.3 is 5.32 Å². The molecule has 0 bridgehead atoms. The van der Waals surface area contributed by atoms with Crippen LogP contribution < -0.4 is 5.32 Å². The van der Waals surface area contributed by atoms with Crippen molar-refractivity contribution in [3.8, 4) is 0 Å². The first-order valence-electron chi connectivity index (χ1n) is 20.5. The molecule has 1 saturated carbocycles. The highest BCUT2D eigenvalue weighted by Gasteiger charge is 2.43. The molecule has 250 valence electrons. The molecule has 1 saturated heterocycles. The Labute approximate surface area is 286 Å². The first-order chi connectivity index (χ1) is 23.3. The summed E-state index contributed by atoms with van der Waals surface area (Å²) in [5.41, 5.74) is 9.04. The van der Waals surface area contributed by atoms with Crippen molar-refractivity contribution in [1.29, 1.82) is 0 Å². The molecule has 8 aliphatic carbocycles. The zero-order valence-electron chi connectivity index (χ0n) is 29.1. The summed E-state index contributed by atoms with van der Waals surface area (Å²) in [4.78, 5) is 0. The monoisotopic (exact) mass is 627 g/mol. The van der Waals surface area contributed by atoms with Gasteiger partial charge in [-0.2, -0.15) is 0 Å². The van der Waals surface area contributed by atoms with E-state index in [2.05, 4.69) is 72.2 Å². The molecular formula is C46H61N. The molecular weight excluding hydrogens is 567 g/mol. The van der Waals surface area contributed by atoms with Crippen LogP contribution >= 0.6 is 0 Å². The highest BCUT2D eigenvalue weighted by Crippen LogP contribution is 2.54. The zero-order valence-corrected chi connectivity index (χ0v) is 29.1. The van der Waals surface area contributed by atoms with Gasteiger partial charge in [0.25, 0.3) is 0 Å². The molecule has 1 aliphatic heterocycles. The summed E-state index contributed by atoms with van der Waals surface area (Å²) in [5, 5.41) is 3.66. The molecule has 1 nitrogen and oxygen atoms in total. The minimum Gasteiger partial charge on any atom is -0.316 e. The van der Waals surface area contributed by atoms with E-state index in [-0.39, 0.29) is 0 Å². The standard InChI is InChI=1S/C46H61N/c1-2-10-37-31(8-1)9-7-15-38(37)32-16-18-33(19-17-32)39-24-25-40(44-12-4-3-11-43(39)44)34-20-22-35(23-21-34)41-26-27-42(36-28-29-47-30-36)46-14-6-5-13-45(41)46/h1-2,4,6,8,10,12,14,16,18,27,31-36,39,41,43,45-47H,3,5,7,9,11,13,15,17,19-26,28-30H2. The molecule has 47 heavy (non-hydrogen) atoms. The van der Waals surface area contributed by atoms with E-state index in [9.17, 15) is 0 Å². The third-order valence-electron chi connectivity index (χ3n) is 15.3. The quantitative estimate of drug-likeness (QED) is 0.299. The fourth-order valence-corrected chi connectivity index (χ4v) is 13.0. The summed E-state index contributed by atoms with van der Waals surface area (Å²) in [6.07, 6.45) is 51.8. The van der Waals surface area contributed by atoms with Gasteiger partial charge in [0.15, 0.2) is 0 Å². The fourth-order valence-electron chi connectivity index (χ4n) is 13.0. The van der Waals surface area contributed by atoms with Gasteiger partial charge in [-0.25, -0.2) is 0 Å². The van der Waals surface area contributed by atoms with Gasteiger partial charge in [-0.3, -0.25) is 0 Å². The van der Waals surface area contributed by atoms with Gasteiger partial charge in [0.1, 0.15) is 0 Å². The van der Waals surface area contributed by atoms with Crippen LogP contribution in [-0.2, 0) is 0 Å². The molecule has 1 heteroatoms. The van der Waals surface area contributed by atoms with E-state index in [1.54, 1.807) is 11.1 Å². The maximum absolute atomic E-state index is 3.66. The summed E-state index contributed by atoms with van der Waals surface area (Å²) < 4.78 is 0. The maximum atomic E-state index is 3.66. The van der Waals surface area contributed by atoms with Crippen LogP contribution in [0.3, 0.4) is 0 Å². The van der Waals surface area contributed by atoms with E-state index in [4.69, 9.17) is 0 Å². The number of fused-ring (bicyclic) bond motifs is 3. The van der Waals surface area contributed by atoms with Crippen molar-refractivity contribution in [3.05, 3.63) is 94.7 Å². The molecule has 1 heterocycles. The van der Waals surface area contributed by atoms with Crippen LogP contribution in [0.1, 0.15) is 109 Å². The molecule has 0 aromatic rings. The molecule has 9 atom stereocenters. The zero-order chi connectivity index (χ0) is 31.2. The second kappa shape index (κ2) is 13.7. The summed E-state index contributed by atoms with van der Waals surface area (Å²) in [6, 6.07) is 0. The van der Waals surface area contributed by atoms with Gasteiger partial charge in [-0.1, -0.05) is 83.6 Å². The number of allylic oxidation sites excluding steroid dienone is 15. The SMILES string of the molecule is C1=CC2=C(C3C=CC(C4CCC(C5CCC(C6CC=C(C7CCNC7)C7C=CCCC76)CC5)=C5C=CCCC54)CC3)CCCC2C=C1. The van der Waals surface area contributed by atoms with Crippen LogP contribution in [0, 0.1) is 65.1 Å². The topological polar surface area (TPSA) is 12.0 Å². The van der Waals surface area contributed by atoms with E-state index in [0.29, 0.717) is 11.8 Å². The van der Waals surface area contributed by atoms with Crippen molar-refractivity contribution in [2.45, 2.75) is 109 Å². The summed E-state index contributed by atoms with van der Waals surface area (Å²) in [5.74, 6) is 9.11. The minimum absolute atomic E-state index is 0.691. The smallest absolute Gasteiger partial charge is 0.00209 e. The summed E-state index contributed by atoms with van der Waals surface area (Å²) in [7, 11) is 0. The van der Waals surface area contributed by atoms with Crippen LogP contribution in [0.25, 0.3) is 0 Å². The van der Waals surface area contributed by atoms with Crippen LogP contribution in [0.5, 0.6) is 0 Å². The van der Waals surface area contributed by atoms with E-state index < -0.39 is 0 Å². The molecule has 2 fully saturated rings. The molecule has 9 aliphatic rings. The summed E-state index contributed by atoms with van der Waals surface area (Å²) >= 11 is 0. The minimum atomic E-state index is 0.691. The van der Waals surface area contributed by atoms with Gasteiger partial charge in [0.2, 0.25) is 0 Å².